The summed E-state index contributed by atoms with van der Waals surface area (Å²) in [4.78, 5) is 12.0. The van der Waals surface area contributed by atoms with E-state index in [0.717, 1.165) is 29.1 Å². The summed E-state index contributed by atoms with van der Waals surface area (Å²) in [7, 11) is 1.59. The van der Waals surface area contributed by atoms with E-state index in [9.17, 15) is 0 Å². The van der Waals surface area contributed by atoms with Gasteiger partial charge in [0.2, 0.25) is 5.88 Å². The molecular formula is C13H13N3O2. The Labute approximate surface area is 104 Å². The first-order valence-electron chi connectivity index (χ1n) is 5.79. The predicted octanol–water partition coefficient (Wildman–Crippen LogP) is 2.79. The van der Waals surface area contributed by atoms with E-state index in [-0.39, 0.29) is 0 Å². The zero-order valence-electron chi connectivity index (χ0n) is 10.2. The highest BCUT2D eigenvalue weighted by Gasteiger charge is 2.12. The van der Waals surface area contributed by atoms with Gasteiger partial charge in [-0.1, -0.05) is 6.92 Å². The van der Waals surface area contributed by atoms with Gasteiger partial charge < -0.3 is 14.1 Å². The second-order valence-electron chi connectivity index (χ2n) is 3.92. The van der Waals surface area contributed by atoms with E-state index in [1.54, 1.807) is 19.4 Å². The van der Waals surface area contributed by atoms with E-state index in [0.29, 0.717) is 11.5 Å². The van der Waals surface area contributed by atoms with Gasteiger partial charge in [0.05, 0.1) is 24.5 Å². The lowest BCUT2D eigenvalue weighted by Crippen LogP contribution is -1.86. The number of aryl methyl sites for hydroxylation is 1. The molecule has 0 atom stereocenters. The molecule has 3 heterocycles. The Kier molecular flexibility index (Phi) is 2.51. The first kappa shape index (κ1) is 10.8. The third-order valence-electron chi connectivity index (χ3n) is 2.85. The Bertz CT molecular complexity index is 684. The Balaban J connectivity index is 2.13. The fourth-order valence-corrected chi connectivity index (χ4v) is 1.94. The molecule has 92 valence electrons. The van der Waals surface area contributed by atoms with Crippen LogP contribution in [0.4, 0.5) is 0 Å². The van der Waals surface area contributed by atoms with Crippen LogP contribution in [0.1, 0.15) is 12.7 Å². The lowest BCUT2D eigenvalue weighted by Gasteiger charge is -1.95. The molecule has 0 unspecified atom stereocenters. The van der Waals surface area contributed by atoms with E-state index < -0.39 is 0 Å². The molecular weight excluding hydrogens is 230 g/mol. The van der Waals surface area contributed by atoms with Crippen molar-refractivity contribution in [3.05, 3.63) is 30.2 Å². The summed E-state index contributed by atoms with van der Waals surface area (Å²) in [6.07, 6.45) is 2.51. The van der Waals surface area contributed by atoms with Crippen LogP contribution in [0.25, 0.3) is 22.6 Å². The molecule has 3 aromatic rings. The van der Waals surface area contributed by atoms with Crippen molar-refractivity contribution in [3.8, 4) is 17.3 Å². The molecule has 0 aliphatic heterocycles. The quantitative estimate of drug-likeness (QED) is 0.768. The van der Waals surface area contributed by atoms with Gasteiger partial charge in [-0.15, -0.1) is 0 Å². The van der Waals surface area contributed by atoms with E-state index in [4.69, 9.17) is 9.15 Å². The molecule has 0 radical (unpaired) electrons. The Morgan fingerprint density at radius 3 is 2.94 bits per heavy atom. The average Bonchev–Trinajstić information content (AvgIpc) is 3.03. The van der Waals surface area contributed by atoms with Crippen LogP contribution >= 0.6 is 0 Å². The van der Waals surface area contributed by atoms with Gasteiger partial charge in [-0.25, -0.2) is 4.98 Å². The summed E-state index contributed by atoms with van der Waals surface area (Å²) < 4.78 is 10.5. The van der Waals surface area contributed by atoms with Crippen molar-refractivity contribution < 1.29 is 9.15 Å². The summed E-state index contributed by atoms with van der Waals surface area (Å²) in [6, 6.07) is 5.62. The maximum Gasteiger partial charge on any atom is 0.215 e. The van der Waals surface area contributed by atoms with Crippen LogP contribution in [0.3, 0.4) is 0 Å². The number of hydrogen-bond acceptors (Lipinski definition) is 4. The van der Waals surface area contributed by atoms with Crippen LogP contribution in [0.5, 0.6) is 5.88 Å². The van der Waals surface area contributed by atoms with Gasteiger partial charge in [0, 0.05) is 12.5 Å². The number of hydrogen-bond donors (Lipinski definition) is 1. The Morgan fingerprint density at radius 2 is 2.17 bits per heavy atom. The Morgan fingerprint density at radius 1 is 1.28 bits per heavy atom. The smallest absolute Gasteiger partial charge is 0.215 e. The number of H-pyrrole nitrogens is 1. The van der Waals surface area contributed by atoms with Crippen LogP contribution in [-0.2, 0) is 6.42 Å². The molecule has 0 aromatic carbocycles. The molecule has 0 saturated carbocycles. The number of imidazole rings is 1. The minimum atomic E-state index is 0.559. The van der Waals surface area contributed by atoms with Gasteiger partial charge in [-0.3, -0.25) is 0 Å². The third-order valence-corrected chi connectivity index (χ3v) is 2.85. The predicted molar refractivity (Wildman–Crippen MR) is 67.5 cm³/mol. The zero-order chi connectivity index (χ0) is 12.5. The first-order chi connectivity index (χ1) is 8.81. The number of aromatic amines is 1. The first-order valence-corrected chi connectivity index (χ1v) is 5.79. The molecule has 0 amide bonds. The molecule has 0 aliphatic carbocycles. The maximum atomic E-state index is 5.40. The van der Waals surface area contributed by atoms with Gasteiger partial charge in [0.1, 0.15) is 11.6 Å². The minimum absolute atomic E-state index is 0.559. The average molecular weight is 243 g/mol. The fraction of sp³-hybridized carbons (Fsp3) is 0.231. The third kappa shape index (κ3) is 1.64. The summed E-state index contributed by atoms with van der Waals surface area (Å²) in [5, 5.41) is 0. The van der Waals surface area contributed by atoms with Crippen molar-refractivity contribution in [2.24, 2.45) is 0 Å². The lowest BCUT2D eigenvalue weighted by atomic mass is 10.2. The van der Waals surface area contributed by atoms with Crippen molar-refractivity contribution in [1.82, 2.24) is 15.0 Å². The standard InChI is InChI=1S/C13H13N3O2/c1-3-10-8(6-7-18-10)12-14-9-4-5-11(17-2)15-13(9)16-12/h4-7H,3H2,1-2H3,(H,14,15,16). The van der Waals surface area contributed by atoms with E-state index in [2.05, 4.69) is 15.0 Å². The molecule has 0 spiro atoms. The summed E-state index contributed by atoms with van der Waals surface area (Å²) in [5.41, 5.74) is 2.51. The van der Waals surface area contributed by atoms with E-state index >= 15 is 0 Å². The number of aromatic nitrogens is 3. The van der Waals surface area contributed by atoms with Crippen LogP contribution in [0, 0.1) is 0 Å². The van der Waals surface area contributed by atoms with Gasteiger partial charge in [-0.2, -0.15) is 4.98 Å². The molecule has 5 heteroatoms. The molecule has 3 aromatic heterocycles. The molecule has 0 fully saturated rings. The van der Waals surface area contributed by atoms with Gasteiger partial charge >= 0.3 is 0 Å². The lowest BCUT2D eigenvalue weighted by molar-refractivity contribution is 0.399. The molecule has 18 heavy (non-hydrogen) atoms. The van der Waals surface area contributed by atoms with Gasteiger partial charge in [0.25, 0.3) is 0 Å². The summed E-state index contributed by atoms with van der Waals surface area (Å²) in [6.45, 7) is 2.05. The molecule has 0 bridgehead atoms. The van der Waals surface area contributed by atoms with Crippen LogP contribution in [-0.4, -0.2) is 22.1 Å². The SMILES string of the molecule is CCc1occc1-c1nc2nc(OC)ccc2[nH]1. The molecule has 0 aliphatic rings. The summed E-state index contributed by atoms with van der Waals surface area (Å²) >= 11 is 0. The monoisotopic (exact) mass is 243 g/mol. The number of rotatable bonds is 3. The fourth-order valence-electron chi connectivity index (χ4n) is 1.94. The number of methoxy groups -OCH3 is 1. The Hall–Kier alpha value is -2.30. The van der Waals surface area contributed by atoms with E-state index in [1.807, 2.05) is 19.1 Å². The van der Waals surface area contributed by atoms with Crippen molar-refractivity contribution in [2.45, 2.75) is 13.3 Å². The molecule has 5 nitrogen and oxygen atoms in total. The summed E-state index contributed by atoms with van der Waals surface area (Å²) in [5.74, 6) is 2.25. The number of pyridine rings is 1. The van der Waals surface area contributed by atoms with Crippen molar-refractivity contribution in [3.63, 3.8) is 0 Å². The number of nitrogens with zero attached hydrogens (tertiary/aromatic N) is 2. The van der Waals surface area contributed by atoms with Crippen LogP contribution in [0.15, 0.2) is 28.9 Å². The second kappa shape index (κ2) is 4.18. The van der Waals surface area contributed by atoms with Crippen molar-refractivity contribution in [2.75, 3.05) is 7.11 Å². The maximum absolute atomic E-state index is 5.40. The molecule has 0 saturated heterocycles. The van der Waals surface area contributed by atoms with Gasteiger partial charge in [0.15, 0.2) is 5.65 Å². The second-order valence-corrected chi connectivity index (χ2v) is 3.92. The number of nitrogens with one attached hydrogen (secondary N) is 1. The largest absolute Gasteiger partial charge is 0.481 e. The normalized spacial score (nSPS) is 11.0. The molecule has 3 rings (SSSR count). The number of ether oxygens (including phenoxy) is 1. The molecule has 1 N–H and O–H groups in total. The van der Waals surface area contributed by atoms with Gasteiger partial charge in [-0.05, 0) is 12.1 Å². The van der Waals surface area contributed by atoms with Crippen LogP contribution in [0.2, 0.25) is 0 Å². The van der Waals surface area contributed by atoms with E-state index in [1.165, 1.54) is 0 Å². The van der Waals surface area contributed by atoms with Crippen molar-refractivity contribution >= 4 is 11.2 Å². The van der Waals surface area contributed by atoms with Crippen LogP contribution < -0.4 is 4.74 Å². The number of furan rings is 1. The zero-order valence-corrected chi connectivity index (χ0v) is 10.2. The highest BCUT2D eigenvalue weighted by molar-refractivity contribution is 5.76. The highest BCUT2D eigenvalue weighted by atomic mass is 16.5. The van der Waals surface area contributed by atoms with Crippen molar-refractivity contribution in [1.29, 1.82) is 0 Å². The highest BCUT2D eigenvalue weighted by Crippen LogP contribution is 2.25. The minimum Gasteiger partial charge on any atom is -0.481 e. The topological polar surface area (TPSA) is 63.9 Å². The number of fused-ring (bicyclic) bond motifs is 1.